The zero-order valence-corrected chi connectivity index (χ0v) is 26.0. The Bertz CT molecular complexity index is 1600. The number of nitrogens with one attached hydrogen (secondary N) is 2. The van der Waals surface area contributed by atoms with Crippen LogP contribution in [0.1, 0.15) is 36.7 Å². The molecule has 15 heteroatoms. The number of benzene rings is 2. The van der Waals surface area contributed by atoms with Gasteiger partial charge < -0.3 is 29.6 Å². The number of rotatable bonds is 15. The van der Waals surface area contributed by atoms with Gasteiger partial charge in [-0.2, -0.15) is 0 Å². The van der Waals surface area contributed by atoms with Crippen LogP contribution >= 0.6 is 11.6 Å². The van der Waals surface area contributed by atoms with E-state index in [9.17, 15) is 33.0 Å². The number of halogens is 1. The van der Waals surface area contributed by atoms with Crippen LogP contribution in [0.2, 0.25) is 5.02 Å². The van der Waals surface area contributed by atoms with Crippen molar-refractivity contribution < 1.29 is 42.2 Å². The van der Waals surface area contributed by atoms with Crippen molar-refractivity contribution in [1.82, 2.24) is 10.2 Å². The number of furan rings is 1. The third-order valence-electron chi connectivity index (χ3n) is 7.49. The summed E-state index contributed by atoms with van der Waals surface area (Å²) < 4.78 is 35.6. The Hall–Kier alpha value is -3.95. The summed E-state index contributed by atoms with van der Waals surface area (Å²) >= 11 is 6.20. The number of carboxylic acid groups (broad SMARTS) is 2. The van der Waals surface area contributed by atoms with E-state index < -0.39 is 52.1 Å². The van der Waals surface area contributed by atoms with Crippen LogP contribution in [0.3, 0.4) is 0 Å². The van der Waals surface area contributed by atoms with E-state index in [0.717, 1.165) is 10.5 Å². The van der Waals surface area contributed by atoms with Crippen molar-refractivity contribution in [3.05, 3.63) is 82.8 Å². The number of hydrogen-bond donors (Lipinski definition) is 5. The van der Waals surface area contributed by atoms with Crippen LogP contribution in [0.5, 0.6) is 0 Å². The van der Waals surface area contributed by atoms with Gasteiger partial charge in [0.2, 0.25) is 15.9 Å². The van der Waals surface area contributed by atoms with E-state index in [-0.39, 0.29) is 42.5 Å². The summed E-state index contributed by atoms with van der Waals surface area (Å²) in [5.41, 5.74) is 1.77. The van der Waals surface area contributed by atoms with Gasteiger partial charge in [-0.25, -0.2) is 18.4 Å². The number of carbonyl (C=O) groups excluding carboxylic acids is 1. The number of carbonyl (C=O) groups is 3. The summed E-state index contributed by atoms with van der Waals surface area (Å²) in [4.78, 5) is 38.3. The molecule has 0 aliphatic carbocycles. The van der Waals surface area contributed by atoms with Crippen molar-refractivity contribution in [2.75, 3.05) is 11.9 Å². The SMILES string of the molecule is C[C@H](N[C@@H](CCc1ccccc1)C(=O)O)C(=O)N1C[C@H](OCc2cc(S(N)(=O)=O)c(Cl)cc2NCc2ccco2)C[C@H]1C(=O)O. The standard InChI is InChI=1S/C30H35ClN4O9S/c1-18(34-24(29(37)38)10-9-19-6-3-2-4-7-19)28(36)35-16-22(13-26(35)30(39)40)44-17-20-12-27(45(32,41)42)23(31)14-25(20)33-15-21-8-5-11-43-21/h2-8,11-12,14,18,22,24,26,33-34H,9-10,13,15-17H2,1H3,(H,37,38)(H,39,40)(H2,32,41,42)/t18-,22+,24-,26-/m0/s1. The normalized spacial score (nSPS) is 18.0. The second-order valence-electron chi connectivity index (χ2n) is 10.7. The summed E-state index contributed by atoms with van der Waals surface area (Å²) in [6.07, 6.45) is 1.45. The molecule has 2 aromatic carbocycles. The largest absolute Gasteiger partial charge is 0.480 e. The van der Waals surface area contributed by atoms with Gasteiger partial charge in [0, 0.05) is 24.2 Å². The maximum absolute atomic E-state index is 13.4. The minimum atomic E-state index is -4.17. The van der Waals surface area contributed by atoms with Gasteiger partial charge in [-0.3, -0.25) is 14.9 Å². The fourth-order valence-electron chi connectivity index (χ4n) is 5.15. The van der Waals surface area contributed by atoms with Crippen LogP contribution in [-0.4, -0.2) is 72.2 Å². The second kappa shape index (κ2) is 14.9. The number of anilines is 1. The molecule has 242 valence electrons. The fraction of sp³-hybridized carbons (Fsp3) is 0.367. The molecule has 45 heavy (non-hydrogen) atoms. The van der Waals surface area contributed by atoms with E-state index in [1.165, 1.54) is 25.3 Å². The number of carboxylic acids is 2. The average molecular weight is 663 g/mol. The number of likely N-dealkylation sites (tertiary alicyclic amines) is 1. The quantitative estimate of drug-likeness (QED) is 0.160. The van der Waals surface area contributed by atoms with E-state index >= 15 is 0 Å². The highest BCUT2D eigenvalue weighted by atomic mass is 35.5. The first kappa shape index (κ1) is 33.9. The van der Waals surface area contributed by atoms with E-state index in [0.29, 0.717) is 23.4 Å². The molecule has 1 amide bonds. The summed E-state index contributed by atoms with van der Waals surface area (Å²) in [6, 6.07) is 12.2. The summed E-state index contributed by atoms with van der Waals surface area (Å²) in [6.45, 7) is 1.51. The Balaban J connectivity index is 1.44. The minimum Gasteiger partial charge on any atom is -0.480 e. The third kappa shape index (κ3) is 9.05. The number of sulfonamides is 1. The highest BCUT2D eigenvalue weighted by Crippen LogP contribution is 2.31. The van der Waals surface area contributed by atoms with Crippen LogP contribution in [0.25, 0.3) is 0 Å². The molecule has 1 saturated heterocycles. The van der Waals surface area contributed by atoms with Crippen molar-refractivity contribution in [3.63, 3.8) is 0 Å². The summed E-state index contributed by atoms with van der Waals surface area (Å²) in [5.74, 6) is -2.33. The van der Waals surface area contributed by atoms with Crippen molar-refractivity contribution in [2.45, 2.75) is 68.5 Å². The molecule has 6 N–H and O–H groups in total. The van der Waals surface area contributed by atoms with Gasteiger partial charge in [-0.05, 0) is 49.6 Å². The fourth-order valence-corrected chi connectivity index (χ4v) is 6.28. The van der Waals surface area contributed by atoms with Crippen LogP contribution in [0, 0.1) is 0 Å². The molecule has 0 spiro atoms. The number of amides is 1. The topological polar surface area (TPSA) is 201 Å². The number of nitrogens with two attached hydrogens (primary N) is 1. The first-order valence-corrected chi connectivity index (χ1v) is 16.0. The van der Waals surface area contributed by atoms with E-state index in [2.05, 4.69) is 10.6 Å². The molecule has 0 radical (unpaired) electrons. The van der Waals surface area contributed by atoms with Gasteiger partial charge in [-0.15, -0.1) is 0 Å². The summed E-state index contributed by atoms with van der Waals surface area (Å²) in [5, 5.41) is 30.8. The molecule has 0 unspecified atom stereocenters. The van der Waals surface area contributed by atoms with Gasteiger partial charge in [0.1, 0.15) is 22.7 Å². The van der Waals surface area contributed by atoms with Crippen molar-refractivity contribution >= 4 is 45.2 Å². The molecule has 1 aliphatic rings. The average Bonchev–Trinajstić information content (AvgIpc) is 3.67. The number of hydrogen-bond acceptors (Lipinski definition) is 9. The minimum absolute atomic E-state index is 0.0328. The van der Waals surface area contributed by atoms with Crippen LogP contribution in [-0.2, 0) is 48.7 Å². The molecule has 1 aliphatic heterocycles. The zero-order valence-electron chi connectivity index (χ0n) is 24.4. The zero-order chi connectivity index (χ0) is 32.7. The van der Waals surface area contributed by atoms with E-state index in [1.807, 2.05) is 30.3 Å². The molecule has 1 aromatic heterocycles. The molecule has 0 bridgehead atoms. The lowest BCUT2D eigenvalue weighted by molar-refractivity contribution is -0.149. The highest BCUT2D eigenvalue weighted by Gasteiger charge is 2.42. The number of aliphatic carboxylic acids is 2. The van der Waals surface area contributed by atoms with Gasteiger partial charge in [-0.1, -0.05) is 41.9 Å². The lowest BCUT2D eigenvalue weighted by Crippen LogP contribution is -2.53. The number of nitrogens with zero attached hydrogens (tertiary/aromatic N) is 1. The maximum Gasteiger partial charge on any atom is 0.326 e. The van der Waals surface area contributed by atoms with Crippen LogP contribution < -0.4 is 15.8 Å². The Kier molecular flexibility index (Phi) is 11.2. The highest BCUT2D eigenvalue weighted by molar-refractivity contribution is 7.89. The predicted molar refractivity (Wildman–Crippen MR) is 164 cm³/mol. The Morgan fingerprint density at radius 2 is 1.89 bits per heavy atom. The van der Waals surface area contributed by atoms with Crippen molar-refractivity contribution in [1.29, 1.82) is 0 Å². The van der Waals surface area contributed by atoms with Crippen LogP contribution in [0.4, 0.5) is 5.69 Å². The van der Waals surface area contributed by atoms with Gasteiger partial charge >= 0.3 is 11.9 Å². The van der Waals surface area contributed by atoms with E-state index in [1.54, 1.807) is 12.1 Å². The Morgan fingerprint density at radius 3 is 2.51 bits per heavy atom. The molecule has 4 atom stereocenters. The number of aryl methyl sites for hydroxylation is 1. The lowest BCUT2D eigenvalue weighted by Gasteiger charge is -2.27. The third-order valence-corrected chi connectivity index (χ3v) is 8.86. The van der Waals surface area contributed by atoms with Gasteiger partial charge in [0.15, 0.2) is 0 Å². The molecular formula is C30H35ClN4O9S. The van der Waals surface area contributed by atoms with E-state index in [4.69, 9.17) is 25.9 Å². The Morgan fingerprint density at radius 1 is 1.16 bits per heavy atom. The lowest BCUT2D eigenvalue weighted by atomic mass is 10.0. The maximum atomic E-state index is 13.4. The molecule has 3 aromatic rings. The van der Waals surface area contributed by atoms with Gasteiger partial charge in [0.25, 0.3) is 0 Å². The first-order valence-electron chi connectivity index (χ1n) is 14.1. The van der Waals surface area contributed by atoms with Crippen molar-refractivity contribution in [3.8, 4) is 0 Å². The molecule has 1 fully saturated rings. The first-order chi connectivity index (χ1) is 21.3. The van der Waals surface area contributed by atoms with Crippen LogP contribution in [0.15, 0.2) is 70.2 Å². The monoisotopic (exact) mass is 662 g/mol. The number of primary sulfonamides is 1. The molecule has 0 saturated carbocycles. The second-order valence-corrected chi connectivity index (χ2v) is 12.7. The molecule has 13 nitrogen and oxygen atoms in total. The number of ether oxygens (including phenoxy) is 1. The smallest absolute Gasteiger partial charge is 0.326 e. The van der Waals surface area contributed by atoms with Crippen molar-refractivity contribution in [2.24, 2.45) is 5.14 Å². The Labute approximate surface area is 265 Å². The van der Waals surface area contributed by atoms with Gasteiger partial charge in [0.05, 0.1) is 36.6 Å². The predicted octanol–water partition coefficient (Wildman–Crippen LogP) is 2.83. The molecular weight excluding hydrogens is 628 g/mol. The molecule has 2 heterocycles. The molecule has 4 rings (SSSR count). The summed E-state index contributed by atoms with van der Waals surface area (Å²) in [7, 11) is -4.17.